The summed E-state index contributed by atoms with van der Waals surface area (Å²) < 4.78 is 6.97. The van der Waals surface area contributed by atoms with Crippen molar-refractivity contribution < 1.29 is 9.21 Å². The summed E-state index contributed by atoms with van der Waals surface area (Å²) in [5, 5.41) is 0.503. The molecule has 1 amide bonds. The second kappa shape index (κ2) is 6.96. The largest absolute Gasteiger partial charge is 0.450 e. The fourth-order valence-electron chi connectivity index (χ4n) is 4.05. The summed E-state index contributed by atoms with van der Waals surface area (Å²) in [5.74, 6) is -0.189. The molecule has 0 N–H and O–H groups in total. The van der Waals surface area contributed by atoms with Gasteiger partial charge in [-0.3, -0.25) is 14.5 Å². The average molecular weight is 460 g/mol. The molecule has 0 fully saturated rings. The summed E-state index contributed by atoms with van der Waals surface area (Å²) >= 11 is 3.44. The number of hydrogen-bond acceptors (Lipinski definition) is 3. The lowest BCUT2D eigenvalue weighted by molar-refractivity contribution is 0.0971. The van der Waals surface area contributed by atoms with Gasteiger partial charge >= 0.3 is 0 Å². The van der Waals surface area contributed by atoms with E-state index in [-0.39, 0.29) is 17.1 Å². The lowest BCUT2D eigenvalue weighted by atomic mass is 9.97. The van der Waals surface area contributed by atoms with Crippen LogP contribution in [0.4, 0.5) is 5.69 Å². The Morgan fingerprint density at radius 2 is 1.57 bits per heavy atom. The highest BCUT2D eigenvalue weighted by Gasteiger charge is 2.43. The number of benzene rings is 3. The third-order valence-electron chi connectivity index (χ3n) is 5.71. The number of aryl methyl sites for hydroxylation is 2. The maximum atomic E-state index is 13.6. The van der Waals surface area contributed by atoms with Crippen LogP contribution in [0, 0.1) is 13.8 Å². The summed E-state index contributed by atoms with van der Waals surface area (Å²) in [6.45, 7) is 3.93. The second-order valence-electron chi connectivity index (χ2n) is 7.57. The van der Waals surface area contributed by atoms with Gasteiger partial charge in [-0.25, -0.2) is 0 Å². The number of anilines is 1. The van der Waals surface area contributed by atoms with Crippen molar-refractivity contribution in [3.05, 3.63) is 109 Å². The highest BCUT2D eigenvalue weighted by atomic mass is 79.9. The van der Waals surface area contributed by atoms with E-state index in [0.29, 0.717) is 22.2 Å². The summed E-state index contributed by atoms with van der Waals surface area (Å²) in [6.07, 6.45) is 0. The fraction of sp³-hybridized carbons (Fsp3) is 0.120. The van der Waals surface area contributed by atoms with E-state index in [4.69, 9.17) is 4.42 Å². The molecule has 2 heterocycles. The molecule has 0 radical (unpaired) electrons. The zero-order chi connectivity index (χ0) is 21.0. The van der Waals surface area contributed by atoms with Crippen LogP contribution in [0.3, 0.4) is 0 Å². The van der Waals surface area contributed by atoms with Gasteiger partial charge in [0.1, 0.15) is 5.58 Å². The van der Waals surface area contributed by atoms with Gasteiger partial charge in [-0.05, 0) is 66.9 Å². The number of rotatable bonds is 2. The molecule has 0 aliphatic carbocycles. The van der Waals surface area contributed by atoms with E-state index in [0.717, 1.165) is 21.2 Å². The molecule has 0 spiro atoms. The maximum absolute atomic E-state index is 13.6. The molecule has 0 saturated heterocycles. The molecular weight excluding hydrogens is 442 g/mol. The molecule has 1 aliphatic rings. The summed E-state index contributed by atoms with van der Waals surface area (Å²) in [6, 6.07) is 20.2. The van der Waals surface area contributed by atoms with E-state index in [1.807, 2.05) is 80.6 Å². The molecule has 0 bridgehead atoms. The van der Waals surface area contributed by atoms with E-state index >= 15 is 0 Å². The molecule has 3 aromatic carbocycles. The zero-order valence-corrected chi connectivity index (χ0v) is 18.1. The molecule has 1 atom stereocenters. The Morgan fingerprint density at radius 1 is 0.900 bits per heavy atom. The topological polar surface area (TPSA) is 50.5 Å². The zero-order valence-electron chi connectivity index (χ0n) is 16.5. The molecule has 30 heavy (non-hydrogen) atoms. The minimum absolute atomic E-state index is 0.118. The monoisotopic (exact) mass is 459 g/mol. The van der Waals surface area contributed by atoms with Gasteiger partial charge in [-0.2, -0.15) is 0 Å². The highest BCUT2D eigenvalue weighted by molar-refractivity contribution is 9.10. The minimum Gasteiger partial charge on any atom is -0.450 e. The Balaban J connectivity index is 1.83. The average Bonchev–Trinajstić information content (AvgIpc) is 3.04. The molecule has 1 aromatic heterocycles. The summed E-state index contributed by atoms with van der Waals surface area (Å²) in [4.78, 5) is 28.7. The van der Waals surface area contributed by atoms with E-state index in [9.17, 15) is 9.59 Å². The van der Waals surface area contributed by atoms with Crippen molar-refractivity contribution in [3.8, 4) is 0 Å². The smallest absolute Gasteiger partial charge is 0.295 e. The quantitative estimate of drug-likeness (QED) is 0.373. The summed E-state index contributed by atoms with van der Waals surface area (Å²) in [7, 11) is 0. The van der Waals surface area contributed by atoms with Crippen LogP contribution in [0.25, 0.3) is 11.0 Å². The second-order valence-corrected chi connectivity index (χ2v) is 8.49. The van der Waals surface area contributed by atoms with Gasteiger partial charge in [-0.15, -0.1) is 0 Å². The van der Waals surface area contributed by atoms with Crippen LogP contribution >= 0.6 is 15.9 Å². The molecule has 4 nitrogen and oxygen atoms in total. The van der Waals surface area contributed by atoms with Gasteiger partial charge < -0.3 is 4.42 Å². The number of carbonyl (C=O) groups excluding carboxylic acids is 1. The molecular formula is C25H18BrNO3. The summed E-state index contributed by atoms with van der Waals surface area (Å²) in [5.41, 5.74) is 4.28. The third kappa shape index (κ3) is 2.81. The van der Waals surface area contributed by atoms with Crippen molar-refractivity contribution in [1.29, 1.82) is 0 Å². The Morgan fingerprint density at radius 3 is 2.27 bits per heavy atom. The van der Waals surface area contributed by atoms with Gasteiger partial charge in [0.15, 0.2) is 5.43 Å². The normalized spacial score (nSPS) is 15.6. The van der Waals surface area contributed by atoms with Gasteiger partial charge in [0.2, 0.25) is 5.76 Å². The van der Waals surface area contributed by atoms with E-state index in [2.05, 4.69) is 15.9 Å². The molecule has 148 valence electrons. The first kappa shape index (κ1) is 18.8. The van der Waals surface area contributed by atoms with Crippen LogP contribution in [-0.4, -0.2) is 5.91 Å². The van der Waals surface area contributed by atoms with Crippen LogP contribution in [0.5, 0.6) is 0 Å². The predicted octanol–water partition coefficient (Wildman–Crippen LogP) is 5.92. The minimum atomic E-state index is -0.544. The lowest BCUT2D eigenvalue weighted by Gasteiger charge is -2.25. The molecule has 1 aliphatic heterocycles. The SMILES string of the molecule is Cc1cc2oc3c(c(=O)c2cc1C)C(c1ccccc1)N(c1ccc(Br)cc1)C3=O. The highest BCUT2D eigenvalue weighted by Crippen LogP contribution is 2.41. The number of hydrogen-bond donors (Lipinski definition) is 0. The standard InChI is InChI=1S/C25H18BrNO3/c1-14-12-19-20(13-15(14)2)30-24-21(23(19)28)22(16-6-4-3-5-7-16)27(25(24)29)18-10-8-17(26)9-11-18/h3-13,22H,1-2H3. The van der Waals surface area contributed by atoms with Gasteiger partial charge in [0.25, 0.3) is 5.91 Å². The fourth-order valence-corrected chi connectivity index (χ4v) is 4.31. The molecule has 5 rings (SSSR count). The van der Waals surface area contributed by atoms with Crippen LogP contribution in [0.1, 0.15) is 38.9 Å². The van der Waals surface area contributed by atoms with E-state index in [1.54, 1.807) is 4.90 Å². The Labute approximate surface area is 181 Å². The number of carbonyl (C=O) groups is 1. The van der Waals surface area contributed by atoms with Crippen molar-refractivity contribution in [2.75, 3.05) is 4.90 Å². The van der Waals surface area contributed by atoms with Gasteiger partial charge in [0.05, 0.1) is 17.0 Å². The number of halogens is 1. The first-order valence-corrected chi connectivity index (χ1v) is 10.5. The third-order valence-corrected chi connectivity index (χ3v) is 6.24. The first-order valence-electron chi connectivity index (χ1n) is 9.67. The molecule has 5 heteroatoms. The van der Waals surface area contributed by atoms with Crippen molar-refractivity contribution >= 4 is 38.5 Å². The molecule has 0 saturated carbocycles. The Bertz CT molecular complexity index is 1360. The van der Waals surface area contributed by atoms with Crippen LogP contribution in [0.15, 0.2) is 80.4 Å². The number of nitrogens with zero attached hydrogens (tertiary/aromatic N) is 1. The van der Waals surface area contributed by atoms with Crippen molar-refractivity contribution in [1.82, 2.24) is 0 Å². The van der Waals surface area contributed by atoms with Crippen LogP contribution < -0.4 is 10.3 Å². The molecule has 4 aromatic rings. The molecule has 1 unspecified atom stereocenters. The van der Waals surface area contributed by atoms with Crippen molar-refractivity contribution in [2.24, 2.45) is 0 Å². The van der Waals surface area contributed by atoms with Crippen molar-refractivity contribution in [3.63, 3.8) is 0 Å². The Hall–Kier alpha value is -3.18. The number of fused-ring (bicyclic) bond motifs is 2. The van der Waals surface area contributed by atoms with E-state index < -0.39 is 6.04 Å². The first-order chi connectivity index (χ1) is 14.5. The van der Waals surface area contributed by atoms with Crippen molar-refractivity contribution in [2.45, 2.75) is 19.9 Å². The predicted molar refractivity (Wildman–Crippen MR) is 121 cm³/mol. The van der Waals surface area contributed by atoms with E-state index in [1.165, 1.54) is 0 Å². The van der Waals surface area contributed by atoms with Gasteiger partial charge in [-0.1, -0.05) is 46.3 Å². The maximum Gasteiger partial charge on any atom is 0.295 e. The van der Waals surface area contributed by atoms with Crippen LogP contribution in [-0.2, 0) is 0 Å². The van der Waals surface area contributed by atoms with Gasteiger partial charge in [0, 0.05) is 10.2 Å². The Kier molecular flexibility index (Phi) is 4.36. The number of amides is 1. The lowest BCUT2D eigenvalue weighted by Crippen LogP contribution is -2.29. The van der Waals surface area contributed by atoms with Crippen LogP contribution in [0.2, 0.25) is 0 Å².